The fourth-order valence-corrected chi connectivity index (χ4v) is 2.24. The summed E-state index contributed by atoms with van der Waals surface area (Å²) < 4.78 is 5.09. The van der Waals surface area contributed by atoms with Gasteiger partial charge in [0.1, 0.15) is 10.7 Å². The number of nitrogens with one attached hydrogen (secondary N) is 1. The van der Waals surface area contributed by atoms with Gasteiger partial charge in [0.05, 0.1) is 28.8 Å². The predicted octanol–water partition coefficient (Wildman–Crippen LogP) is 4.00. The summed E-state index contributed by atoms with van der Waals surface area (Å²) in [6, 6.07) is 10.2. The van der Waals surface area contributed by atoms with E-state index in [1.165, 1.54) is 6.07 Å². The van der Waals surface area contributed by atoms with Gasteiger partial charge in [-0.15, -0.1) is 0 Å². The summed E-state index contributed by atoms with van der Waals surface area (Å²) in [6.45, 7) is 0.321. The van der Waals surface area contributed by atoms with Crippen LogP contribution in [0.15, 0.2) is 47.0 Å². The van der Waals surface area contributed by atoms with Crippen LogP contribution >= 0.6 is 11.6 Å². The summed E-state index contributed by atoms with van der Waals surface area (Å²) in [5.74, 6) is 0.201. The minimum Gasteiger partial charge on any atom is -0.404 e. The van der Waals surface area contributed by atoms with E-state index in [0.717, 1.165) is 16.6 Å². The lowest BCUT2D eigenvalue weighted by Crippen LogP contribution is -1.99. The molecule has 1 aromatic carbocycles. The van der Waals surface area contributed by atoms with Gasteiger partial charge >= 0.3 is 5.88 Å². The number of anilines is 1. The van der Waals surface area contributed by atoms with Crippen LogP contribution in [0.3, 0.4) is 0 Å². The number of nitro groups is 1. The maximum Gasteiger partial charge on any atom is 0.433 e. The molecular formula is C14H10ClN3O3. The van der Waals surface area contributed by atoms with Crippen LogP contribution < -0.4 is 5.32 Å². The number of hydrogen-bond acceptors (Lipinski definition) is 5. The van der Waals surface area contributed by atoms with E-state index in [1.807, 2.05) is 18.2 Å². The van der Waals surface area contributed by atoms with Crippen molar-refractivity contribution >= 4 is 34.1 Å². The van der Waals surface area contributed by atoms with Crippen molar-refractivity contribution in [2.24, 2.45) is 0 Å². The van der Waals surface area contributed by atoms with E-state index in [4.69, 9.17) is 16.0 Å². The number of furan rings is 1. The van der Waals surface area contributed by atoms with Gasteiger partial charge in [-0.1, -0.05) is 11.6 Å². The van der Waals surface area contributed by atoms with Gasteiger partial charge in [-0.2, -0.15) is 0 Å². The zero-order valence-corrected chi connectivity index (χ0v) is 11.5. The first kappa shape index (κ1) is 13.4. The first-order chi connectivity index (χ1) is 10.1. The molecule has 0 saturated heterocycles. The Labute approximate surface area is 124 Å². The number of halogens is 1. The second-order valence-electron chi connectivity index (χ2n) is 4.35. The molecule has 0 unspecified atom stereocenters. The first-order valence-corrected chi connectivity index (χ1v) is 6.53. The number of aromatic nitrogens is 1. The van der Waals surface area contributed by atoms with E-state index in [9.17, 15) is 10.1 Å². The minimum absolute atomic E-state index is 0.272. The molecule has 0 spiro atoms. The fraction of sp³-hybridized carbons (Fsp3) is 0.0714. The van der Waals surface area contributed by atoms with E-state index in [0.29, 0.717) is 17.3 Å². The molecule has 2 aromatic heterocycles. The molecule has 6 nitrogen and oxygen atoms in total. The third-order valence-electron chi connectivity index (χ3n) is 3.00. The Balaban J connectivity index is 1.85. The Morgan fingerprint density at radius 3 is 2.90 bits per heavy atom. The van der Waals surface area contributed by atoms with Crippen molar-refractivity contribution in [2.45, 2.75) is 6.54 Å². The van der Waals surface area contributed by atoms with Gasteiger partial charge in [0.15, 0.2) is 0 Å². The van der Waals surface area contributed by atoms with Crippen LogP contribution in [0.1, 0.15) is 5.76 Å². The van der Waals surface area contributed by atoms with E-state index in [-0.39, 0.29) is 5.88 Å². The lowest BCUT2D eigenvalue weighted by molar-refractivity contribution is -0.402. The highest BCUT2D eigenvalue weighted by molar-refractivity contribution is 6.35. The Morgan fingerprint density at radius 2 is 2.14 bits per heavy atom. The summed E-state index contributed by atoms with van der Waals surface area (Å²) in [7, 11) is 0. The van der Waals surface area contributed by atoms with Crippen LogP contribution in [-0.4, -0.2) is 9.91 Å². The van der Waals surface area contributed by atoms with Crippen LogP contribution in [0.25, 0.3) is 10.9 Å². The Bertz CT molecular complexity index is 816. The molecule has 0 aliphatic carbocycles. The smallest absolute Gasteiger partial charge is 0.404 e. The van der Waals surface area contributed by atoms with Crippen molar-refractivity contribution in [2.75, 3.05) is 5.32 Å². The van der Waals surface area contributed by atoms with E-state index in [2.05, 4.69) is 10.3 Å². The van der Waals surface area contributed by atoms with Crippen LogP contribution in [-0.2, 0) is 6.54 Å². The molecule has 0 amide bonds. The summed E-state index contributed by atoms with van der Waals surface area (Å²) in [6.07, 6.45) is 1.68. The number of nitrogens with zero attached hydrogens (tertiary/aromatic N) is 2. The number of rotatable bonds is 4. The molecule has 21 heavy (non-hydrogen) atoms. The average Bonchev–Trinajstić information content (AvgIpc) is 2.96. The quantitative estimate of drug-likeness (QED) is 0.582. The third kappa shape index (κ3) is 2.66. The molecule has 0 aliphatic heterocycles. The minimum atomic E-state index is -0.567. The summed E-state index contributed by atoms with van der Waals surface area (Å²) in [5.41, 5.74) is 1.53. The Morgan fingerprint density at radius 1 is 1.29 bits per heavy atom. The molecule has 0 aliphatic rings. The van der Waals surface area contributed by atoms with Crippen molar-refractivity contribution in [1.29, 1.82) is 0 Å². The standard InChI is InChI=1S/C14H10ClN3O3/c15-11-4-5-12(14-10(11)2-1-7-16-14)17-8-9-3-6-13(21-9)18(19)20/h1-7,17H,8H2. The molecule has 3 rings (SSSR count). The Hall–Kier alpha value is -2.60. The number of fused-ring (bicyclic) bond motifs is 1. The van der Waals surface area contributed by atoms with Crippen molar-refractivity contribution in [3.63, 3.8) is 0 Å². The SMILES string of the molecule is O=[N+]([O-])c1ccc(CNc2ccc(Cl)c3cccnc23)o1. The van der Waals surface area contributed by atoms with E-state index < -0.39 is 4.92 Å². The number of pyridine rings is 1. The van der Waals surface area contributed by atoms with Gasteiger partial charge in [-0.3, -0.25) is 15.1 Å². The highest BCUT2D eigenvalue weighted by Crippen LogP contribution is 2.28. The fourth-order valence-electron chi connectivity index (χ4n) is 2.02. The highest BCUT2D eigenvalue weighted by Gasteiger charge is 2.12. The topological polar surface area (TPSA) is 81.2 Å². The second-order valence-corrected chi connectivity index (χ2v) is 4.75. The summed E-state index contributed by atoms with van der Waals surface area (Å²) in [4.78, 5) is 14.3. The largest absolute Gasteiger partial charge is 0.433 e. The van der Waals surface area contributed by atoms with Gasteiger partial charge in [-0.05, 0) is 30.3 Å². The maximum absolute atomic E-state index is 10.6. The summed E-state index contributed by atoms with van der Waals surface area (Å²) in [5, 5.41) is 15.2. The van der Waals surface area contributed by atoms with Crippen molar-refractivity contribution in [3.05, 3.63) is 63.5 Å². The van der Waals surface area contributed by atoms with Crippen molar-refractivity contribution < 1.29 is 9.34 Å². The average molecular weight is 304 g/mol. The zero-order chi connectivity index (χ0) is 14.8. The predicted molar refractivity (Wildman–Crippen MR) is 79.4 cm³/mol. The van der Waals surface area contributed by atoms with E-state index >= 15 is 0 Å². The second kappa shape index (κ2) is 5.41. The molecular weight excluding hydrogens is 294 g/mol. The highest BCUT2D eigenvalue weighted by atomic mass is 35.5. The molecule has 0 bridgehead atoms. The van der Waals surface area contributed by atoms with Crippen LogP contribution in [0.5, 0.6) is 0 Å². The number of benzene rings is 1. The molecule has 106 valence electrons. The van der Waals surface area contributed by atoms with Crippen LogP contribution in [0.2, 0.25) is 5.02 Å². The molecule has 3 aromatic rings. The normalized spacial score (nSPS) is 10.7. The molecule has 7 heteroatoms. The van der Waals surface area contributed by atoms with Gasteiger partial charge in [0.2, 0.25) is 0 Å². The lowest BCUT2D eigenvalue weighted by Gasteiger charge is -2.08. The Kier molecular flexibility index (Phi) is 3.45. The van der Waals surface area contributed by atoms with Gasteiger partial charge in [0.25, 0.3) is 0 Å². The molecule has 0 saturated carbocycles. The molecule has 0 atom stereocenters. The van der Waals surface area contributed by atoms with Crippen LogP contribution in [0, 0.1) is 10.1 Å². The zero-order valence-electron chi connectivity index (χ0n) is 10.7. The molecule has 1 N–H and O–H groups in total. The molecule has 0 radical (unpaired) electrons. The summed E-state index contributed by atoms with van der Waals surface area (Å²) >= 11 is 6.12. The lowest BCUT2D eigenvalue weighted by atomic mass is 10.2. The number of hydrogen-bond donors (Lipinski definition) is 1. The van der Waals surface area contributed by atoms with E-state index in [1.54, 1.807) is 18.3 Å². The van der Waals surface area contributed by atoms with Crippen molar-refractivity contribution in [1.82, 2.24) is 4.98 Å². The van der Waals surface area contributed by atoms with Gasteiger partial charge < -0.3 is 9.73 Å². The monoisotopic (exact) mass is 303 g/mol. The molecule has 2 heterocycles. The third-order valence-corrected chi connectivity index (χ3v) is 3.33. The van der Waals surface area contributed by atoms with Gasteiger partial charge in [0, 0.05) is 11.6 Å². The first-order valence-electron chi connectivity index (χ1n) is 6.15. The molecule has 0 fully saturated rings. The van der Waals surface area contributed by atoms with Crippen LogP contribution in [0.4, 0.5) is 11.6 Å². The van der Waals surface area contributed by atoms with Crippen molar-refractivity contribution in [3.8, 4) is 0 Å². The van der Waals surface area contributed by atoms with Gasteiger partial charge in [-0.25, -0.2) is 0 Å². The maximum atomic E-state index is 10.6.